The Labute approximate surface area is 136 Å². The molecule has 6 heteroatoms. The third-order valence-corrected chi connectivity index (χ3v) is 4.47. The largest absolute Gasteiger partial charge is 0.310 e. The molecule has 0 aromatic carbocycles. The second kappa shape index (κ2) is 6.77. The number of halogens is 1. The minimum Gasteiger partial charge on any atom is -0.310 e. The number of nitrogens with zero attached hydrogens (tertiary/aromatic N) is 4. The molecule has 118 valence electrons. The van der Waals surface area contributed by atoms with Crippen LogP contribution in [-0.4, -0.2) is 39.3 Å². The molecular weight excluding hydrogens is 298 g/mol. The van der Waals surface area contributed by atoms with Crippen molar-refractivity contribution in [1.82, 2.24) is 25.0 Å². The van der Waals surface area contributed by atoms with Crippen molar-refractivity contribution in [1.29, 1.82) is 0 Å². The van der Waals surface area contributed by atoms with Gasteiger partial charge >= 0.3 is 0 Å². The van der Waals surface area contributed by atoms with E-state index in [4.69, 9.17) is 11.6 Å². The molecule has 3 rings (SSSR count). The lowest BCUT2D eigenvalue weighted by Crippen LogP contribution is -2.32. The number of pyridine rings is 1. The molecule has 0 fully saturated rings. The third-order valence-electron chi connectivity index (χ3n) is 4.12. The van der Waals surface area contributed by atoms with E-state index < -0.39 is 0 Å². The van der Waals surface area contributed by atoms with Crippen LogP contribution < -0.4 is 5.32 Å². The van der Waals surface area contributed by atoms with E-state index >= 15 is 0 Å². The van der Waals surface area contributed by atoms with E-state index in [1.54, 1.807) is 6.20 Å². The van der Waals surface area contributed by atoms with E-state index in [1.807, 2.05) is 18.3 Å². The van der Waals surface area contributed by atoms with Crippen molar-refractivity contribution in [2.45, 2.75) is 39.0 Å². The predicted octanol–water partition coefficient (Wildman–Crippen LogP) is 2.10. The standard InChI is InChI=1S/C16H22ClN5/c1-12(8-15-14(17)4-3-5-18-15)19-9-13-10-20-22-7-6-21(2)11-16(13)22/h3-5,10,12,19H,6-9,11H2,1-2H3. The SMILES string of the molecule is CC(Cc1ncccc1Cl)NCc1cnn2c1CN(C)CC2. The van der Waals surface area contributed by atoms with Crippen LogP contribution in [0, 0.1) is 0 Å². The Morgan fingerprint density at radius 2 is 2.27 bits per heavy atom. The zero-order valence-corrected chi connectivity index (χ0v) is 13.8. The van der Waals surface area contributed by atoms with Gasteiger partial charge in [-0.3, -0.25) is 14.6 Å². The van der Waals surface area contributed by atoms with Crippen molar-refractivity contribution in [3.63, 3.8) is 0 Å². The molecule has 0 saturated heterocycles. The molecule has 1 aliphatic rings. The molecule has 2 aromatic rings. The topological polar surface area (TPSA) is 46.0 Å². The summed E-state index contributed by atoms with van der Waals surface area (Å²) >= 11 is 6.17. The van der Waals surface area contributed by atoms with E-state index in [1.165, 1.54) is 11.3 Å². The highest BCUT2D eigenvalue weighted by molar-refractivity contribution is 6.31. The number of aromatic nitrogens is 3. The fraction of sp³-hybridized carbons (Fsp3) is 0.500. The Morgan fingerprint density at radius 1 is 1.41 bits per heavy atom. The lowest BCUT2D eigenvalue weighted by molar-refractivity contribution is 0.257. The highest BCUT2D eigenvalue weighted by atomic mass is 35.5. The second-order valence-electron chi connectivity index (χ2n) is 6.00. The fourth-order valence-electron chi connectivity index (χ4n) is 2.79. The normalized spacial score (nSPS) is 16.5. The smallest absolute Gasteiger partial charge is 0.0622 e. The zero-order valence-electron chi connectivity index (χ0n) is 13.1. The fourth-order valence-corrected chi connectivity index (χ4v) is 2.99. The maximum absolute atomic E-state index is 6.17. The van der Waals surface area contributed by atoms with Crippen molar-refractivity contribution in [2.75, 3.05) is 13.6 Å². The van der Waals surface area contributed by atoms with E-state index in [9.17, 15) is 0 Å². The van der Waals surface area contributed by atoms with Gasteiger partial charge in [-0.1, -0.05) is 11.6 Å². The number of fused-ring (bicyclic) bond motifs is 1. The van der Waals surface area contributed by atoms with Crippen LogP contribution in [0.15, 0.2) is 24.5 Å². The molecule has 0 radical (unpaired) electrons. The van der Waals surface area contributed by atoms with Gasteiger partial charge in [0.1, 0.15) is 0 Å². The van der Waals surface area contributed by atoms with Gasteiger partial charge in [-0.15, -0.1) is 0 Å². The van der Waals surface area contributed by atoms with Crippen LogP contribution in [0.3, 0.4) is 0 Å². The molecule has 2 aromatic heterocycles. The van der Waals surface area contributed by atoms with Crippen LogP contribution in [0.25, 0.3) is 0 Å². The van der Waals surface area contributed by atoms with Crippen LogP contribution in [0.1, 0.15) is 23.9 Å². The Kier molecular flexibility index (Phi) is 4.76. The Morgan fingerprint density at radius 3 is 3.09 bits per heavy atom. The summed E-state index contributed by atoms with van der Waals surface area (Å²) in [7, 11) is 2.15. The number of hydrogen-bond acceptors (Lipinski definition) is 4. The van der Waals surface area contributed by atoms with Gasteiger partial charge in [0, 0.05) is 43.9 Å². The monoisotopic (exact) mass is 319 g/mol. The molecule has 1 atom stereocenters. The van der Waals surface area contributed by atoms with Crippen LogP contribution in [0.5, 0.6) is 0 Å². The van der Waals surface area contributed by atoms with Crippen molar-refractivity contribution in [3.05, 3.63) is 46.5 Å². The molecule has 0 bridgehead atoms. The van der Waals surface area contributed by atoms with Gasteiger partial charge in [0.05, 0.1) is 29.2 Å². The quantitative estimate of drug-likeness (QED) is 0.917. The van der Waals surface area contributed by atoms with Crippen molar-refractivity contribution in [3.8, 4) is 0 Å². The summed E-state index contributed by atoms with van der Waals surface area (Å²) in [5.74, 6) is 0. The van der Waals surface area contributed by atoms with E-state index in [0.29, 0.717) is 6.04 Å². The van der Waals surface area contributed by atoms with Gasteiger partial charge in [-0.2, -0.15) is 5.10 Å². The molecule has 0 amide bonds. The molecular formula is C16H22ClN5. The number of rotatable bonds is 5. The summed E-state index contributed by atoms with van der Waals surface area (Å²) in [6.45, 7) is 6.00. The van der Waals surface area contributed by atoms with Crippen LogP contribution >= 0.6 is 11.6 Å². The highest BCUT2D eigenvalue weighted by Crippen LogP contribution is 2.17. The van der Waals surface area contributed by atoms with Gasteiger partial charge in [0.15, 0.2) is 0 Å². The van der Waals surface area contributed by atoms with E-state index in [2.05, 4.69) is 39.0 Å². The van der Waals surface area contributed by atoms with E-state index in [-0.39, 0.29) is 0 Å². The molecule has 0 aliphatic carbocycles. The first kappa shape index (κ1) is 15.5. The minimum atomic E-state index is 0.310. The zero-order chi connectivity index (χ0) is 15.5. The third kappa shape index (κ3) is 3.48. The maximum atomic E-state index is 6.17. The van der Waals surface area contributed by atoms with Gasteiger partial charge in [-0.25, -0.2) is 0 Å². The molecule has 0 saturated carbocycles. The summed E-state index contributed by atoms with van der Waals surface area (Å²) in [4.78, 5) is 6.68. The lowest BCUT2D eigenvalue weighted by atomic mass is 10.1. The average Bonchev–Trinajstić information content (AvgIpc) is 2.90. The van der Waals surface area contributed by atoms with E-state index in [0.717, 1.165) is 43.3 Å². The molecule has 22 heavy (non-hydrogen) atoms. The molecule has 3 heterocycles. The van der Waals surface area contributed by atoms with Gasteiger partial charge in [0.2, 0.25) is 0 Å². The molecule has 1 N–H and O–H groups in total. The summed E-state index contributed by atoms with van der Waals surface area (Å²) in [6.07, 6.45) is 4.60. The van der Waals surface area contributed by atoms with Crippen molar-refractivity contribution in [2.24, 2.45) is 0 Å². The molecule has 0 spiro atoms. The number of hydrogen-bond donors (Lipinski definition) is 1. The van der Waals surface area contributed by atoms with Gasteiger partial charge in [-0.05, 0) is 26.1 Å². The minimum absolute atomic E-state index is 0.310. The average molecular weight is 320 g/mol. The first-order valence-electron chi connectivity index (χ1n) is 7.68. The van der Waals surface area contributed by atoms with Crippen LogP contribution in [0.2, 0.25) is 5.02 Å². The highest BCUT2D eigenvalue weighted by Gasteiger charge is 2.18. The molecule has 1 unspecified atom stereocenters. The van der Waals surface area contributed by atoms with Crippen molar-refractivity contribution >= 4 is 11.6 Å². The Bertz CT molecular complexity index is 639. The summed E-state index contributed by atoms with van der Waals surface area (Å²) < 4.78 is 2.12. The molecule has 5 nitrogen and oxygen atoms in total. The molecule has 1 aliphatic heterocycles. The van der Waals surface area contributed by atoms with Gasteiger partial charge in [0.25, 0.3) is 0 Å². The summed E-state index contributed by atoms with van der Waals surface area (Å²) in [5, 5.41) is 8.78. The first-order valence-corrected chi connectivity index (χ1v) is 8.06. The number of likely N-dealkylation sites (N-methyl/N-ethyl adjacent to an activating group) is 1. The Balaban J connectivity index is 1.59. The van der Waals surface area contributed by atoms with Gasteiger partial charge < -0.3 is 5.32 Å². The number of nitrogens with one attached hydrogen (secondary N) is 1. The summed E-state index contributed by atoms with van der Waals surface area (Å²) in [6, 6.07) is 4.06. The predicted molar refractivity (Wildman–Crippen MR) is 87.8 cm³/mol. The van der Waals surface area contributed by atoms with Crippen LogP contribution in [0.4, 0.5) is 0 Å². The summed E-state index contributed by atoms with van der Waals surface area (Å²) in [5.41, 5.74) is 3.55. The lowest BCUT2D eigenvalue weighted by Gasteiger charge is -2.24. The van der Waals surface area contributed by atoms with Crippen molar-refractivity contribution < 1.29 is 0 Å². The first-order chi connectivity index (χ1) is 10.6. The maximum Gasteiger partial charge on any atom is 0.0622 e. The Hall–Kier alpha value is -1.43. The second-order valence-corrected chi connectivity index (χ2v) is 6.40. The van der Waals surface area contributed by atoms with Crippen LogP contribution in [-0.2, 0) is 26.1 Å².